The summed E-state index contributed by atoms with van der Waals surface area (Å²) < 4.78 is 4.45. The van der Waals surface area contributed by atoms with Crippen molar-refractivity contribution in [2.24, 2.45) is 11.5 Å². The predicted octanol–water partition coefficient (Wildman–Crippen LogP) is 6.38. The molecule has 0 saturated carbocycles. The summed E-state index contributed by atoms with van der Waals surface area (Å²) in [5, 5.41) is 17.0. The quantitative estimate of drug-likeness (QED) is 0.0174. The molecule has 0 bridgehead atoms. The summed E-state index contributed by atoms with van der Waals surface area (Å²) in [6.07, 6.45) is 0.337. The molecular weight excluding hydrogens is 1030 g/mol. The van der Waals surface area contributed by atoms with Gasteiger partial charge in [-0.15, -0.1) is 0 Å². The maximum absolute atomic E-state index is 13.3. The molecule has 412 valence electrons. The number of carbonyl (C=O) groups excluding carboxylic acids is 5. The van der Waals surface area contributed by atoms with Crippen LogP contribution < -0.4 is 64.8 Å². The van der Waals surface area contributed by atoms with Crippen LogP contribution >= 0.6 is 0 Å². The van der Waals surface area contributed by atoms with Crippen LogP contribution in [0.2, 0.25) is 0 Å². The number of benzene rings is 8. The van der Waals surface area contributed by atoms with Gasteiger partial charge in [0.25, 0.3) is 11.8 Å². The Labute approximate surface area is 473 Å². The lowest BCUT2D eigenvalue weighted by Crippen LogP contribution is -2.49. The van der Waals surface area contributed by atoms with E-state index in [4.69, 9.17) is 34.4 Å². The molecule has 2 heterocycles. The van der Waals surface area contributed by atoms with Gasteiger partial charge in [-0.25, -0.2) is 0 Å². The molecule has 0 spiro atoms. The average Bonchev–Trinajstić information content (AvgIpc) is 2.75. The SMILES string of the molecule is NC(=O)[C@H](CCCNC(=O)c1ccc(C[n+]2c(-c3ccccc3)c3cc(N)ccc3c3ccc(N)cc32)cc1)NC(=O)CCNC(=O)C(N)CNC(=O)c1ccc(C[n+]2c(-c3ccccc3)c3cc(N)ccc3c3ccc(N)cc32)cc1. The molecule has 0 radical (unpaired) electrons. The van der Waals surface area contributed by atoms with E-state index >= 15 is 0 Å². The van der Waals surface area contributed by atoms with E-state index in [-0.39, 0.29) is 38.4 Å². The minimum Gasteiger partial charge on any atom is -0.399 e. The Morgan fingerprint density at radius 2 is 0.902 bits per heavy atom. The Bertz CT molecular complexity index is 4070. The summed E-state index contributed by atoms with van der Waals surface area (Å²) in [5.74, 6) is -2.56. The molecule has 8 aromatic carbocycles. The number of primary amides is 1. The van der Waals surface area contributed by atoms with E-state index in [0.717, 1.165) is 77.0 Å². The number of nitrogens with one attached hydrogen (secondary N) is 4. The number of aromatic nitrogens is 2. The van der Waals surface area contributed by atoms with Crippen molar-refractivity contribution in [2.45, 2.75) is 44.4 Å². The zero-order valence-corrected chi connectivity index (χ0v) is 45.0. The van der Waals surface area contributed by atoms with Crippen LogP contribution in [0.3, 0.4) is 0 Å². The second-order valence-corrected chi connectivity index (χ2v) is 20.4. The maximum atomic E-state index is 13.3. The molecule has 10 aromatic rings. The van der Waals surface area contributed by atoms with Gasteiger partial charge in [0, 0.05) is 105 Å². The molecule has 17 nitrogen and oxygen atoms in total. The number of amides is 5. The molecule has 2 atom stereocenters. The van der Waals surface area contributed by atoms with Crippen molar-refractivity contribution in [3.63, 3.8) is 0 Å². The lowest BCUT2D eigenvalue weighted by Gasteiger charge is -2.16. The van der Waals surface area contributed by atoms with E-state index < -0.39 is 35.7 Å². The summed E-state index contributed by atoms with van der Waals surface area (Å²) in [6, 6.07) is 56.3. The standard InChI is InChI=1S/C65H62N12O5/c66-45-21-25-49-51-27-23-47(68)34-57(51)76(60(53(49)32-45)41-8-3-1-4-9-41)37-39-13-17-43(18-14-39)63(80)72-30-7-12-56(62(71)79)75-59(78)29-31-73-65(82)55(70)36-74-64(81)44-19-15-40(16-20-44)38-77-58-35-48(69)24-28-52(58)50-26-22-46(67)33-54(50)61(77)42-10-5-2-6-11-42/h1-6,8-11,13-28,32-35,55-56,68-69H,7,12,29-31,36-38,66-67,70H2,(H6,71,72,73,74,75,78,79,80,81,82)/p+2/t55?,56-/m0/s1. The first-order valence-corrected chi connectivity index (χ1v) is 27.0. The fourth-order valence-electron chi connectivity index (χ4n) is 10.5. The van der Waals surface area contributed by atoms with Gasteiger partial charge in [0.05, 0.1) is 21.5 Å². The van der Waals surface area contributed by atoms with Crippen molar-refractivity contribution in [1.29, 1.82) is 0 Å². The Morgan fingerprint density at radius 1 is 0.463 bits per heavy atom. The fourth-order valence-corrected chi connectivity index (χ4v) is 10.5. The number of hydrogen-bond acceptors (Lipinski definition) is 10. The second kappa shape index (κ2) is 24.3. The van der Waals surface area contributed by atoms with E-state index in [1.54, 1.807) is 24.3 Å². The van der Waals surface area contributed by atoms with Crippen LogP contribution in [0.25, 0.3) is 65.9 Å². The van der Waals surface area contributed by atoms with Crippen LogP contribution in [-0.4, -0.2) is 61.3 Å². The molecule has 16 N–H and O–H groups in total. The smallest absolute Gasteiger partial charge is 0.251 e. The molecule has 2 aromatic heterocycles. The topological polar surface area (TPSA) is 297 Å². The van der Waals surface area contributed by atoms with E-state index in [1.807, 2.05) is 133 Å². The van der Waals surface area contributed by atoms with E-state index in [9.17, 15) is 24.0 Å². The van der Waals surface area contributed by atoms with Gasteiger partial charge in [-0.1, -0.05) is 72.8 Å². The zero-order valence-electron chi connectivity index (χ0n) is 45.0. The first-order valence-electron chi connectivity index (χ1n) is 27.0. The van der Waals surface area contributed by atoms with Gasteiger partial charge in [-0.05, 0) is 110 Å². The van der Waals surface area contributed by atoms with Crippen molar-refractivity contribution < 1.29 is 33.1 Å². The molecule has 0 fully saturated rings. The molecule has 0 aliphatic carbocycles. The summed E-state index contributed by atoms with van der Waals surface area (Å²) >= 11 is 0. The van der Waals surface area contributed by atoms with Gasteiger partial charge in [0.15, 0.2) is 13.1 Å². The molecule has 17 heteroatoms. The molecular formula is C65H64N12O5+2. The van der Waals surface area contributed by atoms with E-state index in [2.05, 4.69) is 54.7 Å². The van der Waals surface area contributed by atoms with Crippen LogP contribution in [-0.2, 0) is 27.5 Å². The Balaban J connectivity index is 0.679. The first-order chi connectivity index (χ1) is 39.7. The van der Waals surface area contributed by atoms with Crippen LogP contribution in [0.1, 0.15) is 51.1 Å². The number of pyridine rings is 2. The third-order valence-electron chi connectivity index (χ3n) is 14.7. The highest BCUT2D eigenvalue weighted by Crippen LogP contribution is 2.35. The average molecular weight is 1090 g/mol. The van der Waals surface area contributed by atoms with Gasteiger partial charge >= 0.3 is 0 Å². The summed E-state index contributed by atoms with van der Waals surface area (Å²) in [7, 11) is 0. The van der Waals surface area contributed by atoms with Crippen LogP contribution in [0.4, 0.5) is 22.7 Å². The number of nitrogens with two attached hydrogens (primary N) is 6. The molecule has 0 saturated heterocycles. The highest BCUT2D eigenvalue weighted by molar-refractivity contribution is 6.11. The van der Waals surface area contributed by atoms with Crippen molar-refractivity contribution >= 4 is 95.6 Å². The Morgan fingerprint density at radius 3 is 1.37 bits per heavy atom. The van der Waals surface area contributed by atoms with E-state index in [1.165, 1.54) is 0 Å². The lowest BCUT2D eigenvalue weighted by molar-refractivity contribution is -0.650. The number of fused-ring (bicyclic) bond motifs is 6. The third kappa shape index (κ3) is 12.2. The number of nitrogens with zero attached hydrogens (tertiary/aromatic N) is 2. The number of rotatable bonds is 20. The third-order valence-corrected chi connectivity index (χ3v) is 14.7. The maximum Gasteiger partial charge on any atom is 0.251 e. The van der Waals surface area contributed by atoms with Gasteiger partial charge in [0.1, 0.15) is 12.1 Å². The van der Waals surface area contributed by atoms with Crippen LogP contribution in [0, 0.1) is 0 Å². The predicted molar refractivity (Wildman–Crippen MR) is 324 cm³/mol. The van der Waals surface area contributed by atoms with Gasteiger partial charge < -0.3 is 55.7 Å². The normalized spacial score (nSPS) is 12.0. The van der Waals surface area contributed by atoms with Crippen molar-refractivity contribution in [3.05, 3.63) is 204 Å². The summed E-state index contributed by atoms with van der Waals surface area (Å²) in [5.41, 5.74) is 48.3. The second-order valence-electron chi connectivity index (χ2n) is 20.4. The highest BCUT2D eigenvalue weighted by Gasteiger charge is 2.27. The monoisotopic (exact) mass is 1090 g/mol. The van der Waals surface area contributed by atoms with Crippen LogP contribution in [0.15, 0.2) is 182 Å². The first kappa shape index (κ1) is 54.9. The number of anilines is 4. The Hall–Kier alpha value is -10.4. The fraction of sp³-hybridized carbons (Fsp3) is 0.154. The molecule has 0 aliphatic rings. The molecule has 10 rings (SSSR count). The van der Waals surface area contributed by atoms with Crippen molar-refractivity contribution in [1.82, 2.24) is 21.3 Å². The minimum atomic E-state index is -1.11. The number of carbonyl (C=O) groups is 5. The number of nitrogen functional groups attached to an aromatic ring is 4. The lowest BCUT2D eigenvalue weighted by atomic mass is 9.97. The minimum absolute atomic E-state index is 0.0833. The zero-order chi connectivity index (χ0) is 57.4. The number of hydrogen-bond donors (Lipinski definition) is 10. The summed E-state index contributed by atoms with van der Waals surface area (Å²) in [6.45, 7) is 0.900. The van der Waals surface area contributed by atoms with Gasteiger partial charge in [-0.2, -0.15) is 9.13 Å². The molecule has 82 heavy (non-hydrogen) atoms. The molecule has 5 amide bonds. The highest BCUT2D eigenvalue weighted by atomic mass is 16.2. The largest absolute Gasteiger partial charge is 0.399 e. The van der Waals surface area contributed by atoms with Crippen LogP contribution in [0.5, 0.6) is 0 Å². The molecule has 0 aliphatic heterocycles. The van der Waals surface area contributed by atoms with E-state index in [0.29, 0.717) is 53.4 Å². The summed E-state index contributed by atoms with van der Waals surface area (Å²) in [4.78, 5) is 64.7. The van der Waals surface area contributed by atoms with Gasteiger partial charge in [0.2, 0.25) is 40.1 Å². The van der Waals surface area contributed by atoms with Crippen molar-refractivity contribution in [2.75, 3.05) is 42.6 Å². The Kier molecular flexibility index (Phi) is 16.3. The van der Waals surface area contributed by atoms with Crippen molar-refractivity contribution in [3.8, 4) is 22.5 Å². The van der Waals surface area contributed by atoms with Gasteiger partial charge in [-0.3, -0.25) is 24.0 Å². The molecule has 1 unspecified atom stereocenters.